The number of aliphatic imine (C=N–C) groups is 1. The summed E-state index contributed by atoms with van der Waals surface area (Å²) in [6, 6.07) is 15.5. The van der Waals surface area contributed by atoms with E-state index in [4.69, 9.17) is 0 Å². The highest BCUT2D eigenvalue weighted by molar-refractivity contribution is 14.0. The molecular formula is C22H30F3IN4O. The van der Waals surface area contributed by atoms with Gasteiger partial charge in [-0.15, -0.1) is 24.0 Å². The molecule has 0 bridgehead atoms. The summed E-state index contributed by atoms with van der Waals surface area (Å²) in [7, 11) is 4.00. The van der Waals surface area contributed by atoms with Crippen LogP contribution in [0.5, 0.6) is 0 Å². The molecule has 0 amide bonds. The van der Waals surface area contributed by atoms with Crippen molar-refractivity contribution < 1.29 is 17.9 Å². The second-order valence-corrected chi connectivity index (χ2v) is 7.04. The Morgan fingerprint density at radius 3 is 2.29 bits per heavy atom. The molecule has 5 nitrogen and oxygen atoms in total. The predicted molar refractivity (Wildman–Crippen MR) is 130 cm³/mol. The lowest BCUT2D eigenvalue weighted by molar-refractivity contribution is -0.176. The molecule has 0 heterocycles. The highest BCUT2D eigenvalue weighted by atomic mass is 127. The SMILES string of the molecule is CCNC(=NCc1cccc(N(C)C)c1)NCc1ccc(COCC(F)(F)F)cc1.I. The van der Waals surface area contributed by atoms with Crippen molar-refractivity contribution in [3.05, 3.63) is 65.2 Å². The van der Waals surface area contributed by atoms with Gasteiger partial charge in [0.2, 0.25) is 0 Å². The lowest BCUT2D eigenvalue weighted by atomic mass is 10.1. The van der Waals surface area contributed by atoms with E-state index in [0.29, 0.717) is 24.6 Å². The van der Waals surface area contributed by atoms with Gasteiger partial charge in [0, 0.05) is 32.9 Å². The molecule has 0 fully saturated rings. The minimum atomic E-state index is -4.31. The van der Waals surface area contributed by atoms with Crippen LogP contribution in [0.3, 0.4) is 0 Å². The molecule has 0 spiro atoms. The number of alkyl halides is 3. The standard InChI is InChI=1S/C22H29F3N4O.HI/c1-4-26-21(28-14-19-6-5-7-20(12-19)29(2)3)27-13-17-8-10-18(11-9-17)15-30-16-22(23,24)25;/h5-12H,4,13-16H2,1-3H3,(H2,26,27,28);1H. The van der Waals surface area contributed by atoms with Crippen LogP contribution in [0.25, 0.3) is 0 Å². The molecule has 2 rings (SSSR count). The number of benzene rings is 2. The summed E-state index contributed by atoms with van der Waals surface area (Å²) in [6.45, 7) is 2.53. The van der Waals surface area contributed by atoms with Gasteiger partial charge in [-0.1, -0.05) is 36.4 Å². The number of guanidine groups is 1. The van der Waals surface area contributed by atoms with Gasteiger partial charge >= 0.3 is 6.18 Å². The van der Waals surface area contributed by atoms with Crippen molar-refractivity contribution in [3.8, 4) is 0 Å². The fourth-order valence-electron chi connectivity index (χ4n) is 2.67. The zero-order valence-electron chi connectivity index (χ0n) is 18.0. The second-order valence-electron chi connectivity index (χ2n) is 7.04. The van der Waals surface area contributed by atoms with E-state index in [1.165, 1.54) is 0 Å². The Labute approximate surface area is 199 Å². The van der Waals surface area contributed by atoms with Gasteiger partial charge in [-0.05, 0) is 35.7 Å². The van der Waals surface area contributed by atoms with Crippen LogP contribution in [0.4, 0.5) is 18.9 Å². The Hall–Kier alpha value is -2.01. The number of nitrogens with one attached hydrogen (secondary N) is 2. The van der Waals surface area contributed by atoms with E-state index in [2.05, 4.69) is 37.4 Å². The average molecular weight is 550 g/mol. The smallest absolute Gasteiger partial charge is 0.378 e. The minimum absolute atomic E-state index is 0. The maximum absolute atomic E-state index is 12.1. The summed E-state index contributed by atoms with van der Waals surface area (Å²) in [4.78, 5) is 6.68. The van der Waals surface area contributed by atoms with Crippen LogP contribution in [-0.2, 0) is 24.4 Å². The van der Waals surface area contributed by atoms with Crippen molar-refractivity contribution in [1.29, 1.82) is 0 Å². The number of ether oxygens (including phenoxy) is 1. The molecule has 0 atom stereocenters. The third-order valence-electron chi connectivity index (χ3n) is 4.21. The summed E-state index contributed by atoms with van der Waals surface area (Å²) >= 11 is 0. The van der Waals surface area contributed by atoms with Gasteiger partial charge in [-0.2, -0.15) is 13.2 Å². The molecule has 0 aliphatic rings. The van der Waals surface area contributed by atoms with E-state index in [-0.39, 0.29) is 30.6 Å². The number of hydrogen-bond acceptors (Lipinski definition) is 3. The Morgan fingerprint density at radius 2 is 1.68 bits per heavy atom. The number of halogens is 4. The number of anilines is 1. The number of nitrogens with zero attached hydrogens (tertiary/aromatic N) is 2. The van der Waals surface area contributed by atoms with Gasteiger partial charge in [0.25, 0.3) is 0 Å². The molecule has 31 heavy (non-hydrogen) atoms. The first-order valence-corrected chi connectivity index (χ1v) is 9.77. The highest BCUT2D eigenvalue weighted by Gasteiger charge is 2.27. The third-order valence-corrected chi connectivity index (χ3v) is 4.21. The van der Waals surface area contributed by atoms with Crippen molar-refractivity contribution in [2.75, 3.05) is 32.1 Å². The molecule has 0 saturated carbocycles. The van der Waals surface area contributed by atoms with Crippen molar-refractivity contribution >= 4 is 35.6 Å². The topological polar surface area (TPSA) is 48.9 Å². The zero-order chi connectivity index (χ0) is 22.0. The lowest BCUT2D eigenvalue weighted by Crippen LogP contribution is -2.36. The van der Waals surface area contributed by atoms with Crippen molar-refractivity contribution in [1.82, 2.24) is 10.6 Å². The van der Waals surface area contributed by atoms with E-state index in [9.17, 15) is 13.2 Å². The summed E-state index contributed by atoms with van der Waals surface area (Å²) in [5.74, 6) is 0.699. The van der Waals surface area contributed by atoms with E-state index < -0.39 is 12.8 Å². The van der Waals surface area contributed by atoms with Gasteiger partial charge in [0.1, 0.15) is 6.61 Å². The molecule has 0 aliphatic carbocycles. The highest BCUT2D eigenvalue weighted by Crippen LogP contribution is 2.16. The molecular weight excluding hydrogens is 520 g/mol. The molecule has 2 aromatic carbocycles. The van der Waals surface area contributed by atoms with Crippen LogP contribution in [0, 0.1) is 0 Å². The first-order chi connectivity index (χ1) is 14.3. The minimum Gasteiger partial charge on any atom is -0.378 e. The Bertz CT molecular complexity index is 811. The van der Waals surface area contributed by atoms with E-state index in [1.807, 2.05) is 45.3 Å². The molecule has 0 aromatic heterocycles. The largest absolute Gasteiger partial charge is 0.411 e. The second kappa shape index (κ2) is 13.4. The molecule has 0 aliphatic heterocycles. The van der Waals surface area contributed by atoms with Crippen molar-refractivity contribution in [3.63, 3.8) is 0 Å². The molecule has 172 valence electrons. The van der Waals surface area contributed by atoms with Gasteiger partial charge in [-0.3, -0.25) is 0 Å². The summed E-state index contributed by atoms with van der Waals surface area (Å²) in [5, 5.41) is 6.49. The van der Waals surface area contributed by atoms with Crippen LogP contribution in [-0.4, -0.2) is 39.4 Å². The normalized spacial score (nSPS) is 11.6. The maximum atomic E-state index is 12.1. The van der Waals surface area contributed by atoms with Crippen molar-refractivity contribution in [2.24, 2.45) is 4.99 Å². The van der Waals surface area contributed by atoms with Gasteiger partial charge in [0.15, 0.2) is 5.96 Å². The van der Waals surface area contributed by atoms with E-state index >= 15 is 0 Å². The lowest BCUT2D eigenvalue weighted by Gasteiger charge is -2.14. The summed E-state index contributed by atoms with van der Waals surface area (Å²) in [6.07, 6.45) is -4.31. The molecule has 0 unspecified atom stereocenters. The summed E-state index contributed by atoms with van der Waals surface area (Å²) < 4.78 is 41.1. The number of rotatable bonds is 9. The van der Waals surface area contributed by atoms with Gasteiger partial charge in [-0.25, -0.2) is 4.99 Å². The molecule has 9 heteroatoms. The van der Waals surface area contributed by atoms with Gasteiger partial charge in [0.05, 0.1) is 13.2 Å². The van der Waals surface area contributed by atoms with Gasteiger partial charge < -0.3 is 20.3 Å². The van der Waals surface area contributed by atoms with Crippen LogP contribution >= 0.6 is 24.0 Å². The van der Waals surface area contributed by atoms with Crippen LogP contribution in [0.1, 0.15) is 23.6 Å². The first-order valence-electron chi connectivity index (χ1n) is 9.77. The Morgan fingerprint density at radius 1 is 1.00 bits per heavy atom. The third kappa shape index (κ3) is 10.7. The molecule has 0 saturated heterocycles. The number of hydrogen-bond donors (Lipinski definition) is 2. The zero-order valence-corrected chi connectivity index (χ0v) is 20.3. The molecule has 2 N–H and O–H groups in total. The van der Waals surface area contributed by atoms with Crippen LogP contribution < -0.4 is 15.5 Å². The predicted octanol–water partition coefficient (Wildman–Crippen LogP) is 4.70. The summed E-state index contributed by atoms with van der Waals surface area (Å²) in [5.41, 5.74) is 3.93. The fourth-order valence-corrected chi connectivity index (χ4v) is 2.67. The molecule has 0 radical (unpaired) electrons. The van der Waals surface area contributed by atoms with Crippen LogP contribution in [0.15, 0.2) is 53.5 Å². The quantitative estimate of drug-likeness (QED) is 0.270. The van der Waals surface area contributed by atoms with Crippen LogP contribution in [0.2, 0.25) is 0 Å². The monoisotopic (exact) mass is 550 g/mol. The molecule has 2 aromatic rings. The maximum Gasteiger partial charge on any atom is 0.411 e. The van der Waals surface area contributed by atoms with Crippen molar-refractivity contribution in [2.45, 2.75) is 32.8 Å². The Balaban J connectivity index is 0.00000480. The van der Waals surface area contributed by atoms with E-state index in [0.717, 1.165) is 23.4 Å². The van der Waals surface area contributed by atoms with E-state index in [1.54, 1.807) is 12.1 Å². The average Bonchev–Trinajstić information content (AvgIpc) is 2.70. The first kappa shape index (κ1) is 27.0. The Kier molecular flexibility index (Phi) is 11.7. The fraction of sp³-hybridized carbons (Fsp3) is 0.409.